The number of aromatic amines is 1. The molecule has 0 unspecified atom stereocenters. The third kappa shape index (κ3) is 4.86. The topological polar surface area (TPSA) is 53.1 Å². The lowest BCUT2D eigenvalue weighted by atomic mass is 10.1. The van der Waals surface area contributed by atoms with Gasteiger partial charge in [0.1, 0.15) is 5.15 Å². The van der Waals surface area contributed by atoms with Crippen molar-refractivity contribution >= 4 is 29.0 Å². The van der Waals surface area contributed by atoms with Crippen molar-refractivity contribution in [3.05, 3.63) is 16.1 Å². The fourth-order valence-corrected chi connectivity index (χ4v) is 1.54. The van der Waals surface area contributed by atoms with E-state index in [1.54, 1.807) is 0 Å². The molecule has 0 radical (unpaired) electrons. The zero-order chi connectivity index (χ0) is 14.1. The van der Waals surface area contributed by atoms with Crippen molar-refractivity contribution in [3.63, 3.8) is 0 Å². The molecule has 0 amide bonds. The highest BCUT2D eigenvalue weighted by atomic mass is 35.5. The van der Waals surface area contributed by atoms with Gasteiger partial charge in [0.05, 0.1) is 5.54 Å². The molecule has 0 bridgehead atoms. The standard InChI is InChI=1S/C12H20Cl2N4/c1-11(2,3)17-10(18-12(4,5)6)9-15-7(13)8(14)16-9/h1-6H3,(H,15,16)(H,17,18). The molecule has 2 N–H and O–H groups in total. The quantitative estimate of drug-likeness (QED) is 0.613. The minimum atomic E-state index is -0.223. The highest BCUT2D eigenvalue weighted by molar-refractivity contribution is 6.40. The lowest BCUT2D eigenvalue weighted by molar-refractivity contribution is 0.500. The maximum absolute atomic E-state index is 5.88. The first kappa shape index (κ1) is 15.3. The maximum Gasteiger partial charge on any atom is 0.175 e. The van der Waals surface area contributed by atoms with Crippen LogP contribution in [-0.2, 0) is 0 Å². The van der Waals surface area contributed by atoms with Gasteiger partial charge in [-0.3, -0.25) is 4.99 Å². The molecule has 0 spiro atoms. The monoisotopic (exact) mass is 290 g/mol. The first-order chi connectivity index (χ1) is 7.98. The van der Waals surface area contributed by atoms with Crippen LogP contribution in [0.5, 0.6) is 0 Å². The van der Waals surface area contributed by atoms with E-state index in [4.69, 9.17) is 23.2 Å². The van der Waals surface area contributed by atoms with Gasteiger partial charge >= 0.3 is 0 Å². The average molecular weight is 291 g/mol. The molecule has 0 atom stereocenters. The number of hydrogen-bond acceptors (Lipinski definition) is 2. The minimum Gasteiger partial charge on any atom is -0.363 e. The first-order valence-corrected chi connectivity index (χ1v) is 6.53. The van der Waals surface area contributed by atoms with Gasteiger partial charge < -0.3 is 10.3 Å². The number of imidazole rings is 1. The first-order valence-electron chi connectivity index (χ1n) is 5.77. The van der Waals surface area contributed by atoms with E-state index in [0.29, 0.717) is 16.8 Å². The van der Waals surface area contributed by atoms with Crippen molar-refractivity contribution in [2.75, 3.05) is 0 Å². The number of nitrogens with one attached hydrogen (secondary N) is 2. The van der Waals surface area contributed by atoms with Gasteiger partial charge in [0, 0.05) is 5.54 Å². The second-order valence-corrected chi connectivity index (χ2v) is 6.93. The Bertz CT molecular complexity index is 430. The zero-order valence-corrected chi connectivity index (χ0v) is 13.2. The van der Waals surface area contributed by atoms with Crippen molar-refractivity contribution < 1.29 is 0 Å². The summed E-state index contributed by atoms with van der Waals surface area (Å²) >= 11 is 11.7. The fourth-order valence-electron chi connectivity index (χ4n) is 1.27. The van der Waals surface area contributed by atoms with Crippen molar-refractivity contribution in [1.82, 2.24) is 15.3 Å². The van der Waals surface area contributed by atoms with E-state index in [9.17, 15) is 0 Å². The number of aromatic nitrogens is 2. The summed E-state index contributed by atoms with van der Waals surface area (Å²) in [5.41, 5.74) is -0.352. The van der Waals surface area contributed by atoms with Crippen LogP contribution in [0.25, 0.3) is 0 Å². The molecule has 0 saturated heterocycles. The molecule has 1 aromatic heterocycles. The number of H-pyrrole nitrogens is 1. The zero-order valence-electron chi connectivity index (χ0n) is 11.7. The van der Waals surface area contributed by atoms with Gasteiger partial charge in [0.25, 0.3) is 0 Å². The Morgan fingerprint density at radius 3 is 2.06 bits per heavy atom. The highest BCUT2D eigenvalue weighted by Crippen LogP contribution is 2.19. The van der Waals surface area contributed by atoms with E-state index in [2.05, 4.69) is 41.0 Å². The second kappa shape index (κ2) is 5.10. The number of nitrogens with zero attached hydrogens (tertiary/aromatic N) is 2. The van der Waals surface area contributed by atoms with Crippen LogP contribution in [0.3, 0.4) is 0 Å². The van der Waals surface area contributed by atoms with E-state index >= 15 is 0 Å². The third-order valence-electron chi connectivity index (χ3n) is 1.78. The summed E-state index contributed by atoms with van der Waals surface area (Å²) in [5, 5.41) is 3.89. The molecule has 4 nitrogen and oxygen atoms in total. The number of halogens is 2. The van der Waals surface area contributed by atoms with Crippen LogP contribution in [0.2, 0.25) is 10.3 Å². The molecule has 0 fully saturated rings. The lowest BCUT2D eigenvalue weighted by Gasteiger charge is -2.24. The van der Waals surface area contributed by atoms with Crippen LogP contribution in [-0.4, -0.2) is 26.9 Å². The molecule has 1 heterocycles. The Balaban J connectivity index is 3.17. The van der Waals surface area contributed by atoms with Crippen molar-refractivity contribution in [1.29, 1.82) is 0 Å². The van der Waals surface area contributed by atoms with Gasteiger partial charge in [-0.25, -0.2) is 4.98 Å². The highest BCUT2D eigenvalue weighted by Gasteiger charge is 2.20. The Labute approximate surface area is 118 Å². The summed E-state index contributed by atoms with van der Waals surface area (Å²) in [5.74, 6) is 1.21. The molecule has 0 saturated carbocycles. The molecule has 0 aliphatic heterocycles. The van der Waals surface area contributed by atoms with Gasteiger partial charge in [0.2, 0.25) is 0 Å². The van der Waals surface area contributed by atoms with Crippen LogP contribution in [0, 0.1) is 0 Å². The molecule has 1 aromatic rings. The molecule has 18 heavy (non-hydrogen) atoms. The predicted molar refractivity (Wildman–Crippen MR) is 77.8 cm³/mol. The molecule has 1 rings (SSSR count). The number of hydrogen-bond donors (Lipinski definition) is 2. The molecular formula is C12H20Cl2N4. The van der Waals surface area contributed by atoms with Gasteiger partial charge in [-0.1, -0.05) is 23.2 Å². The second-order valence-electron chi connectivity index (χ2n) is 6.20. The van der Waals surface area contributed by atoms with Crippen molar-refractivity contribution in [2.24, 2.45) is 4.99 Å². The molecule has 0 aliphatic carbocycles. The smallest absolute Gasteiger partial charge is 0.175 e. The van der Waals surface area contributed by atoms with Gasteiger partial charge in [-0.2, -0.15) is 0 Å². The van der Waals surface area contributed by atoms with Crippen LogP contribution in [0.1, 0.15) is 47.4 Å². The molecule has 0 aliphatic rings. The third-order valence-corrected chi connectivity index (χ3v) is 2.43. The summed E-state index contributed by atoms with van der Waals surface area (Å²) in [6, 6.07) is 0. The maximum atomic E-state index is 5.88. The normalized spacial score (nSPS) is 13.9. The Morgan fingerprint density at radius 2 is 1.72 bits per heavy atom. The van der Waals surface area contributed by atoms with Crippen LogP contribution < -0.4 is 5.32 Å². The lowest BCUT2D eigenvalue weighted by Crippen LogP contribution is -2.42. The van der Waals surface area contributed by atoms with Crippen molar-refractivity contribution in [2.45, 2.75) is 52.6 Å². The molecule has 0 aromatic carbocycles. The number of aliphatic imine (C=N–C) groups is 1. The van der Waals surface area contributed by atoms with Gasteiger partial charge in [-0.05, 0) is 41.5 Å². The Kier molecular flexibility index (Phi) is 4.34. The minimum absolute atomic E-state index is 0.129. The van der Waals surface area contributed by atoms with E-state index in [1.807, 2.05) is 20.8 Å². The average Bonchev–Trinajstić information content (AvgIpc) is 2.41. The van der Waals surface area contributed by atoms with Crippen LogP contribution in [0.15, 0.2) is 4.99 Å². The van der Waals surface area contributed by atoms with Crippen molar-refractivity contribution in [3.8, 4) is 0 Å². The van der Waals surface area contributed by atoms with E-state index in [0.717, 1.165) is 0 Å². The summed E-state index contributed by atoms with van der Waals surface area (Å²) in [4.78, 5) is 11.7. The molecular weight excluding hydrogens is 271 g/mol. The molecule has 6 heteroatoms. The predicted octanol–water partition coefficient (Wildman–Crippen LogP) is 3.65. The number of rotatable bonds is 1. The van der Waals surface area contributed by atoms with Crippen LogP contribution in [0.4, 0.5) is 0 Å². The van der Waals surface area contributed by atoms with Gasteiger partial charge in [0.15, 0.2) is 16.8 Å². The molecule has 102 valence electrons. The summed E-state index contributed by atoms with van der Waals surface area (Å²) in [6.45, 7) is 12.2. The summed E-state index contributed by atoms with van der Waals surface area (Å²) in [6.07, 6.45) is 0. The summed E-state index contributed by atoms with van der Waals surface area (Å²) in [7, 11) is 0. The Morgan fingerprint density at radius 1 is 1.17 bits per heavy atom. The van der Waals surface area contributed by atoms with Gasteiger partial charge in [-0.15, -0.1) is 0 Å². The SMILES string of the molecule is CC(C)(C)N=C(NC(C)(C)C)c1nc(Cl)c(Cl)[nH]1. The van der Waals surface area contributed by atoms with E-state index in [1.165, 1.54) is 0 Å². The summed E-state index contributed by atoms with van der Waals surface area (Å²) < 4.78 is 0. The van der Waals surface area contributed by atoms with E-state index in [-0.39, 0.29) is 16.2 Å². The van der Waals surface area contributed by atoms with Crippen LogP contribution >= 0.6 is 23.2 Å². The largest absolute Gasteiger partial charge is 0.363 e. The number of amidine groups is 1. The van der Waals surface area contributed by atoms with E-state index < -0.39 is 0 Å². The fraction of sp³-hybridized carbons (Fsp3) is 0.667. The Hall–Kier alpha value is -0.740.